The third-order valence-corrected chi connectivity index (χ3v) is 16.0. The number of carbonyl (C=O) groups excluding carboxylic acids is 2. The van der Waals surface area contributed by atoms with Gasteiger partial charge in [-0.25, -0.2) is 0 Å². The zero-order valence-electron chi connectivity index (χ0n) is 50.8. The van der Waals surface area contributed by atoms with E-state index in [1.165, 1.54) is 308 Å². The number of ether oxygens (including phenoxy) is 1. The monoisotopic (exact) mass is 1060 g/mol. The molecule has 0 rings (SSSR count). The van der Waals surface area contributed by atoms with Crippen LogP contribution < -0.4 is 5.32 Å². The Balaban J connectivity index is 3.35. The van der Waals surface area contributed by atoms with E-state index in [9.17, 15) is 19.8 Å². The molecule has 0 spiro atoms. The summed E-state index contributed by atoms with van der Waals surface area (Å²) < 4.78 is 5.48. The predicted molar refractivity (Wildman–Crippen MR) is 329 cm³/mol. The molecular weight excluding hydrogens is 923 g/mol. The number of aliphatic hydroxyl groups excluding tert-OH is 2. The average Bonchev–Trinajstić information content (AvgIpc) is 3.41. The summed E-state index contributed by atoms with van der Waals surface area (Å²) in [6, 6.07) is -0.625. The van der Waals surface area contributed by atoms with Crippen LogP contribution in [0.1, 0.15) is 380 Å². The predicted octanol–water partition coefficient (Wildman–Crippen LogP) is 21.8. The number of carbonyl (C=O) groups is 2. The van der Waals surface area contributed by atoms with Crippen LogP contribution in [0.15, 0.2) is 24.3 Å². The quantitative estimate of drug-likeness (QED) is 0.0320. The standard InChI is InChI=1S/C69H133NO5/c1-3-5-7-9-11-13-15-17-18-34-38-41-45-49-53-57-61-67(72)66(65-71)70-68(73)62-58-54-50-46-42-39-35-32-30-28-26-24-22-20-19-21-23-25-27-29-31-33-36-40-44-48-52-56-60-64-75-69(74)63-59-55-51-47-43-37-16-14-12-10-8-6-4-2/h14,16,57,61,66-67,71-72H,3-13,15,17-56,58-60,62-65H2,1-2H3,(H,70,73)/b16-14-,61-57+. The first-order valence-corrected chi connectivity index (χ1v) is 34.1. The molecule has 0 bridgehead atoms. The summed E-state index contributed by atoms with van der Waals surface area (Å²) in [7, 11) is 0. The Morgan fingerprint density at radius 3 is 0.960 bits per heavy atom. The van der Waals surface area contributed by atoms with Crippen molar-refractivity contribution in [3.05, 3.63) is 24.3 Å². The van der Waals surface area contributed by atoms with Gasteiger partial charge in [0.25, 0.3) is 0 Å². The van der Waals surface area contributed by atoms with E-state index in [1.807, 2.05) is 6.08 Å². The van der Waals surface area contributed by atoms with E-state index in [1.54, 1.807) is 6.08 Å². The first-order valence-electron chi connectivity index (χ1n) is 34.1. The van der Waals surface area contributed by atoms with E-state index in [0.717, 1.165) is 44.9 Å². The smallest absolute Gasteiger partial charge is 0.305 e. The molecule has 6 heteroatoms. The molecule has 0 aliphatic carbocycles. The van der Waals surface area contributed by atoms with Gasteiger partial charge in [0.1, 0.15) is 0 Å². The average molecular weight is 1060 g/mol. The number of allylic oxidation sites excluding steroid dienone is 3. The summed E-state index contributed by atoms with van der Waals surface area (Å²) in [4.78, 5) is 24.5. The van der Waals surface area contributed by atoms with Crippen molar-refractivity contribution in [2.75, 3.05) is 13.2 Å². The summed E-state index contributed by atoms with van der Waals surface area (Å²) in [5.74, 6) is -0.0515. The van der Waals surface area contributed by atoms with E-state index in [2.05, 4.69) is 31.3 Å². The Morgan fingerprint density at radius 2 is 0.627 bits per heavy atom. The lowest BCUT2D eigenvalue weighted by Gasteiger charge is -2.20. The molecule has 0 heterocycles. The molecule has 0 aromatic carbocycles. The molecule has 0 aromatic heterocycles. The van der Waals surface area contributed by atoms with E-state index in [-0.39, 0.29) is 18.5 Å². The fourth-order valence-electron chi connectivity index (χ4n) is 10.7. The number of aliphatic hydroxyl groups is 2. The molecule has 0 saturated heterocycles. The zero-order valence-corrected chi connectivity index (χ0v) is 50.8. The van der Waals surface area contributed by atoms with Gasteiger partial charge in [-0.05, 0) is 57.8 Å². The molecule has 0 radical (unpaired) electrons. The Bertz CT molecular complexity index is 1170. The van der Waals surface area contributed by atoms with Crippen LogP contribution in [-0.4, -0.2) is 47.4 Å². The SMILES string of the molecule is CCCCCC/C=C\CCCCCCCC(=O)OCCCCCCCCCCCCCCCCCCCCCCCCCCCCCCCC(=O)NC(CO)C(O)/C=C/CCCCCCCCCCCCCCCC. The fraction of sp³-hybridized carbons (Fsp3) is 0.913. The highest BCUT2D eigenvalue weighted by Gasteiger charge is 2.18. The normalized spacial score (nSPS) is 12.6. The summed E-state index contributed by atoms with van der Waals surface area (Å²) in [5.41, 5.74) is 0. The Morgan fingerprint density at radius 1 is 0.360 bits per heavy atom. The minimum atomic E-state index is -0.842. The van der Waals surface area contributed by atoms with Crippen molar-refractivity contribution >= 4 is 11.9 Å². The van der Waals surface area contributed by atoms with Gasteiger partial charge in [-0.1, -0.05) is 334 Å². The highest BCUT2D eigenvalue weighted by atomic mass is 16.5. The second kappa shape index (κ2) is 64.9. The molecule has 2 atom stereocenters. The molecule has 0 aliphatic heterocycles. The van der Waals surface area contributed by atoms with E-state index >= 15 is 0 Å². The Kier molecular flexibility index (Phi) is 63.4. The van der Waals surface area contributed by atoms with Gasteiger partial charge in [0, 0.05) is 12.8 Å². The van der Waals surface area contributed by atoms with Crippen LogP contribution in [0.5, 0.6) is 0 Å². The summed E-state index contributed by atoms with van der Waals surface area (Å²) in [6.45, 7) is 4.92. The number of amides is 1. The maximum Gasteiger partial charge on any atom is 0.305 e. The maximum atomic E-state index is 12.5. The van der Waals surface area contributed by atoms with E-state index < -0.39 is 12.1 Å². The van der Waals surface area contributed by atoms with E-state index in [4.69, 9.17) is 4.74 Å². The highest BCUT2D eigenvalue weighted by molar-refractivity contribution is 5.76. The largest absolute Gasteiger partial charge is 0.466 e. The number of nitrogens with one attached hydrogen (secondary N) is 1. The van der Waals surface area contributed by atoms with E-state index in [0.29, 0.717) is 19.4 Å². The van der Waals surface area contributed by atoms with Crippen molar-refractivity contribution in [1.82, 2.24) is 5.32 Å². The molecular formula is C69H133NO5. The van der Waals surface area contributed by atoms with Crippen molar-refractivity contribution < 1.29 is 24.5 Å². The van der Waals surface area contributed by atoms with Gasteiger partial charge >= 0.3 is 5.97 Å². The number of unbranched alkanes of at least 4 members (excludes halogenated alkanes) is 51. The highest BCUT2D eigenvalue weighted by Crippen LogP contribution is 2.19. The van der Waals surface area contributed by atoms with Gasteiger partial charge in [0.05, 0.1) is 25.4 Å². The lowest BCUT2D eigenvalue weighted by Crippen LogP contribution is -2.45. The molecule has 0 saturated carbocycles. The van der Waals surface area contributed by atoms with Crippen LogP contribution in [0.3, 0.4) is 0 Å². The Hall–Kier alpha value is -1.66. The zero-order chi connectivity index (χ0) is 54.3. The van der Waals surface area contributed by atoms with Crippen molar-refractivity contribution in [1.29, 1.82) is 0 Å². The molecule has 75 heavy (non-hydrogen) atoms. The molecule has 0 fully saturated rings. The van der Waals surface area contributed by atoms with Gasteiger partial charge in [0.2, 0.25) is 5.91 Å². The summed E-state index contributed by atoms with van der Waals surface area (Å²) >= 11 is 0. The van der Waals surface area contributed by atoms with Crippen molar-refractivity contribution in [3.63, 3.8) is 0 Å². The van der Waals surface area contributed by atoms with Gasteiger partial charge < -0.3 is 20.3 Å². The number of esters is 1. The summed E-state index contributed by atoms with van der Waals surface area (Å²) in [6.07, 6.45) is 81.1. The summed E-state index contributed by atoms with van der Waals surface area (Å²) in [5, 5.41) is 23.2. The number of hydrogen-bond acceptors (Lipinski definition) is 5. The van der Waals surface area contributed by atoms with Gasteiger partial charge in [0.15, 0.2) is 0 Å². The van der Waals surface area contributed by atoms with Crippen LogP contribution in [0.2, 0.25) is 0 Å². The van der Waals surface area contributed by atoms with Crippen LogP contribution in [0, 0.1) is 0 Å². The van der Waals surface area contributed by atoms with Crippen molar-refractivity contribution in [3.8, 4) is 0 Å². The molecule has 3 N–H and O–H groups in total. The fourth-order valence-corrected chi connectivity index (χ4v) is 10.7. The Labute approximate surface area is 469 Å². The molecule has 2 unspecified atom stereocenters. The molecule has 6 nitrogen and oxygen atoms in total. The van der Waals surface area contributed by atoms with Crippen LogP contribution in [-0.2, 0) is 14.3 Å². The molecule has 0 aliphatic rings. The lowest BCUT2D eigenvalue weighted by atomic mass is 10.0. The second-order valence-electron chi connectivity index (χ2n) is 23.5. The maximum absolute atomic E-state index is 12.5. The van der Waals surface area contributed by atoms with Gasteiger partial charge in [-0.15, -0.1) is 0 Å². The number of rotatable bonds is 64. The van der Waals surface area contributed by atoms with Crippen LogP contribution in [0.4, 0.5) is 0 Å². The molecule has 444 valence electrons. The van der Waals surface area contributed by atoms with Crippen LogP contribution in [0.25, 0.3) is 0 Å². The minimum absolute atomic E-state index is 0.0103. The first-order chi connectivity index (χ1) is 37.0. The lowest BCUT2D eigenvalue weighted by molar-refractivity contribution is -0.143. The first kappa shape index (κ1) is 73.3. The van der Waals surface area contributed by atoms with Gasteiger partial charge in [-0.3, -0.25) is 9.59 Å². The van der Waals surface area contributed by atoms with Crippen molar-refractivity contribution in [2.45, 2.75) is 392 Å². The third kappa shape index (κ3) is 61.4. The van der Waals surface area contributed by atoms with Gasteiger partial charge in [-0.2, -0.15) is 0 Å². The molecule has 0 aromatic rings. The van der Waals surface area contributed by atoms with Crippen molar-refractivity contribution in [2.24, 2.45) is 0 Å². The number of hydrogen-bond donors (Lipinski definition) is 3. The topological polar surface area (TPSA) is 95.9 Å². The van der Waals surface area contributed by atoms with Crippen LogP contribution >= 0.6 is 0 Å². The molecule has 1 amide bonds. The third-order valence-electron chi connectivity index (χ3n) is 16.0. The minimum Gasteiger partial charge on any atom is -0.466 e. The second-order valence-corrected chi connectivity index (χ2v) is 23.5.